The average molecular weight is 394 g/mol. The minimum absolute atomic E-state index is 0.222. The van der Waals surface area contributed by atoms with Crippen LogP contribution in [-0.4, -0.2) is 31.6 Å². The molecule has 0 aliphatic heterocycles. The Balaban J connectivity index is 2.00. The molecule has 3 rings (SSSR count). The van der Waals surface area contributed by atoms with Crippen molar-refractivity contribution < 1.29 is 9.59 Å². The fraction of sp³-hybridized carbons (Fsp3) is 0.250. The third-order valence-corrected chi connectivity index (χ3v) is 4.79. The van der Waals surface area contributed by atoms with Crippen molar-refractivity contribution in [2.24, 2.45) is 5.73 Å². The van der Waals surface area contributed by atoms with Gasteiger partial charge >= 0.3 is 0 Å². The predicted molar refractivity (Wildman–Crippen MR) is 108 cm³/mol. The monoisotopic (exact) mass is 394 g/mol. The number of primary amides is 1. The van der Waals surface area contributed by atoms with E-state index in [0.29, 0.717) is 40.3 Å². The van der Waals surface area contributed by atoms with E-state index in [1.807, 2.05) is 13.8 Å². The molecule has 29 heavy (non-hydrogen) atoms. The van der Waals surface area contributed by atoms with Crippen LogP contribution in [0.4, 0.5) is 5.82 Å². The van der Waals surface area contributed by atoms with Crippen LogP contribution >= 0.6 is 0 Å². The van der Waals surface area contributed by atoms with E-state index in [4.69, 9.17) is 5.73 Å². The number of aryl methyl sites for hydroxylation is 2. The molecule has 0 saturated carbocycles. The van der Waals surface area contributed by atoms with Crippen molar-refractivity contribution in [3.63, 3.8) is 0 Å². The molecule has 0 radical (unpaired) electrons. The Morgan fingerprint density at radius 1 is 1.10 bits per heavy atom. The largest absolute Gasteiger partial charge is 0.366 e. The van der Waals surface area contributed by atoms with Crippen LogP contribution in [-0.2, 0) is 6.42 Å². The summed E-state index contributed by atoms with van der Waals surface area (Å²) in [6.45, 7) is 7.26. The highest BCUT2D eigenvalue weighted by molar-refractivity contribution is 6.05. The van der Waals surface area contributed by atoms with Crippen molar-refractivity contribution in [3.8, 4) is 5.95 Å². The van der Waals surface area contributed by atoms with Gasteiger partial charge in [0, 0.05) is 27.9 Å². The van der Waals surface area contributed by atoms with E-state index in [1.54, 1.807) is 13.8 Å². The van der Waals surface area contributed by atoms with Gasteiger partial charge in [-0.05, 0) is 51.5 Å². The molecule has 1 aromatic carbocycles. The third-order valence-electron chi connectivity index (χ3n) is 4.79. The van der Waals surface area contributed by atoms with Gasteiger partial charge in [0.1, 0.15) is 5.82 Å². The maximum Gasteiger partial charge on any atom is 0.256 e. The summed E-state index contributed by atoms with van der Waals surface area (Å²) in [4.78, 5) is 43.4. The molecule has 0 aliphatic rings. The van der Waals surface area contributed by atoms with Crippen molar-refractivity contribution in [1.82, 2.24) is 19.7 Å². The summed E-state index contributed by atoms with van der Waals surface area (Å²) in [6.07, 6.45) is 0.566. The van der Waals surface area contributed by atoms with Crippen LogP contribution in [0.5, 0.6) is 0 Å². The summed E-state index contributed by atoms with van der Waals surface area (Å²) in [7, 11) is 0. The number of anilines is 1. The van der Waals surface area contributed by atoms with E-state index in [0.717, 1.165) is 5.56 Å². The lowest BCUT2D eigenvalue weighted by atomic mass is 10.1. The Hall–Kier alpha value is -3.75. The fourth-order valence-corrected chi connectivity index (χ4v) is 2.98. The van der Waals surface area contributed by atoms with Crippen molar-refractivity contribution in [3.05, 3.63) is 68.3 Å². The lowest BCUT2D eigenvalue weighted by Crippen LogP contribution is -2.22. The second kappa shape index (κ2) is 7.70. The van der Waals surface area contributed by atoms with Crippen LogP contribution in [0.2, 0.25) is 0 Å². The molecule has 0 spiro atoms. The SMILES string of the molecule is CCc1c(C)nc(-n2nc(C)c(C)c2NC(=O)c2ccc(C(N)=O)cc2)[nH]c1=O. The van der Waals surface area contributed by atoms with Gasteiger partial charge in [-0.15, -0.1) is 0 Å². The number of rotatable bonds is 5. The smallest absolute Gasteiger partial charge is 0.256 e. The van der Waals surface area contributed by atoms with Crippen molar-refractivity contribution in [2.75, 3.05) is 5.32 Å². The van der Waals surface area contributed by atoms with Gasteiger partial charge in [0.05, 0.1) is 5.69 Å². The number of carbonyl (C=O) groups is 2. The standard InChI is InChI=1S/C20H22N6O3/c1-5-15-12(4)22-20(24-19(15)29)26-17(10(2)11(3)25-26)23-18(28)14-8-6-13(7-9-14)16(21)27/h6-9H,5H2,1-4H3,(H2,21,27)(H,23,28)(H,22,24,29). The summed E-state index contributed by atoms with van der Waals surface area (Å²) in [5.74, 6) is -0.338. The second-order valence-corrected chi connectivity index (χ2v) is 6.67. The zero-order valence-electron chi connectivity index (χ0n) is 16.7. The van der Waals surface area contributed by atoms with Crippen LogP contribution in [0.1, 0.15) is 50.2 Å². The molecule has 0 atom stereocenters. The van der Waals surface area contributed by atoms with Crippen molar-refractivity contribution in [2.45, 2.75) is 34.1 Å². The van der Waals surface area contributed by atoms with Gasteiger partial charge in [0.15, 0.2) is 0 Å². The van der Waals surface area contributed by atoms with Crippen LogP contribution in [0.25, 0.3) is 5.95 Å². The van der Waals surface area contributed by atoms with E-state index in [1.165, 1.54) is 28.9 Å². The average Bonchev–Trinajstić information content (AvgIpc) is 2.96. The van der Waals surface area contributed by atoms with Crippen LogP contribution < -0.4 is 16.6 Å². The number of benzene rings is 1. The molecule has 9 nitrogen and oxygen atoms in total. The Morgan fingerprint density at radius 3 is 2.28 bits per heavy atom. The summed E-state index contributed by atoms with van der Waals surface area (Å²) in [5, 5.41) is 7.22. The van der Waals surface area contributed by atoms with Crippen molar-refractivity contribution in [1.29, 1.82) is 0 Å². The first-order valence-corrected chi connectivity index (χ1v) is 9.10. The molecule has 2 heterocycles. The number of nitrogens with two attached hydrogens (primary N) is 1. The minimum atomic E-state index is -0.567. The molecule has 0 bridgehead atoms. The number of carbonyl (C=O) groups excluding carboxylic acids is 2. The molecular formula is C20H22N6O3. The van der Waals surface area contributed by atoms with Gasteiger partial charge < -0.3 is 11.1 Å². The van der Waals surface area contributed by atoms with Gasteiger partial charge in [-0.2, -0.15) is 9.78 Å². The zero-order valence-corrected chi connectivity index (χ0v) is 16.7. The number of aromatic amines is 1. The molecule has 3 aromatic rings. The van der Waals surface area contributed by atoms with E-state index in [2.05, 4.69) is 20.4 Å². The predicted octanol–water partition coefficient (Wildman–Crippen LogP) is 1.79. The molecule has 2 amide bonds. The van der Waals surface area contributed by atoms with E-state index >= 15 is 0 Å². The van der Waals surface area contributed by atoms with Gasteiger partial charge in [0.2, 0.25) is 11.9 Å². The molecule has 0 unspecified atom stereocenters. The molecule has 150 valence electrons. The first-order valence-electron chi connectivity index (χ1n) is 9.10. The number of nitrogens with one attached hydrogen (secondary N) is 2. The van der Waals surface area contributed by atoms with E-state index < -0.39 is 11.8 Å². The normalized spacial score (nSPS) is 10.8. The second-order valence-electron chi connectivity index (χ2n) is 6.67. The highest BCUT2D eigenvalue weighted by Crippen LogP contribution is 2.22. The topological polar surface area (TPSA) is 136 Å². The zero-order chi connectivity index (χ0) is 21.3. The highest BCUT2D eigenvalue weighted by atomic mass is 16.2. The van der Waals surface area contributed by atoms with Crippen LogP contribution in [0, 0.1) is 20.8 Å². The first kappa shape index (κ1) is 20.0. The van der Waals surface area contributed by atoms with Gasteiger partial charge in [-0.1, -0.05) is 6.92 Å². The molecule has 4 N–H and O–H groups in total. The Kier molecular flexibility index (Phi) is 5.31. The number of amides is 2. The molecule has 0 fully saturated rings. The minimum Gasteiger partial charge on any atom is -0.366 e. The number of aromatic nitrogens is 4. The summed E-state index contributed by atoms with van der Waals surface area (Å²) < 4.78 is 1.41. The summed E-state index contributed by atoms with van der Waals surface area (Å²) in [6, 6.07) is 5.99. The molecule has 0 saturated heterocycles. The van der Waals surface area contributed by atoms with E-state index in [-0.39, 0.29) is 11.5 Å². The maximum absolute atomic E-state index is 12.7. The van der Waals surface area contributed by atoms with E-state index in [9.17, 15) is 14.4 Å². The molecule has 0 aliphatic carbocycles. The van der Waals surface area contributed by atoms with Gasteiger partial charge in [-0.3, -0.25) is 19.4 Å². The number of hydrogen-bond donors (Lipinski definition) is 3. The summed E-state index contributed by atoms with van der Waals surface area (Å²) in [5.41, 5.74) is 8.29. The van der Waals surface area contributed by atoms with Gasteiger partial charge in [0.25, 0.3) is 11.5 Å². The summed E-state index contributed by atoms with van der Waals surface area (Å²) >= 11 is 0. The van der Waals surface area contributed by atoms with Gasteiger partial charge in [-0.25, -0.2) is 4.98 Å². The number of H-pyrrole nitrogens is 1. The Bertz CT molecular complexity index is 1160. The van der Waals surface area contributed by atoms with Crippen LogP contribution in [0.3, 0.4) is 0 Å². The molecular weight excluding hydrogens is 372 g/mol. The first-order chi connectivity index (χ1) is 13.7. The maximum atomic E-state index is 12.7. The van der Waals surface area contributed by atoms with Crippen LogP contribution in [0.15, 0.2) is 29.1 Å². The number of nitrogens with zero attached hydrogens (tertiary/aromatic N) is 3. The molecule has 9 heteroatoms. The quantitative estimate of drug-likeness (QED) is 0.606. The lowest BCUT2D eigenvalue weighted by Gasteiger charge is -2.11. The Labute approximate surface area is 167 Å². The number of hydrogen-bond acceptors (Lipinski definition) is 5. The van der Waals surface area contributed by atoms with Crippen molar-refractivity contribution >= 4 is 17.6 Å². The lowest BCUT2D eigenvalue weighted by molar-refractivity contribution is 0.0995. The third kappa shape index (κ3) is 3.79. The highest BCUT2D eigenvalue weighted by Gasteiger charge is 2.19. The fourth-order valence-electron chi connectivity index (χ4n) is 2.98. The Morgan fingerprint density at radius 2 is 1.72 bits per heavy atom. The molecule has 2 aromatic heterocycles.